The van der Waals surface area contributed by atoms with Crippen LogP contribution in [0.25, 0.3) is 17.5 Å². The van der Waals surface area contributed by atoms with Crippen LogP contribution in [0.1, 0.15) is 22.6 Å². The van der Waals surface area contributed by atoms with Crippen molar-refractivity contribution in [3.05, 3.63) is 108 Å². The second kappa shape index (κ2) is 12.7. The van der Waals surface area contributed by atoms with E-state index in [-0.39, 0.29) is 13.1 Å². The zero-order chi connectivity index (χ0) is 26.9. The first kappa shape index (κ1) is 26.7. The summed E-state index contributed by atoms with van der Waals surface area (Å²) < 4.78 is 16.5. The van der Waals surface area contributed by atoms with Crippen molar-refractivity contribution in [1.82, 2.24) is 9.88 Å². The molecule has 1 heterocycles. The smallest absolute Gasteiger partial charge is 0.317 e. The number of hydrogen-bond acceptors (Lipinski definition) is 7. The van der Waals surface area contributed by atoms with Crippen LogP contribution in [0.5, 0.6) is 11.5 Å². The molecule has 0 aliphatic carbocycles. The van der Waals surface area contributed by atoms with Crippen LogP contribution in [0.2, 0.25) is 0 Å². The van der Waals surface area contributed by atoms with Gasteiger partial charge in [0, 0.05) is 18.5 Å². The first-order valence-corrected chi connectivity index (χ1v) is 12.1. The Labute approximate surface area is 221 Å². The number of hydrogen-bond donors (Lipinski definition) is 2. The van der Waals surface area contributed by atoms with E-state index in [1.807, 2.05) is 73.7 Å². The van der Waals surface area contributed by atoms with E-state index < -0.39 is 12.4 Å². The van der Waals surface area contributed by atoms with Crippen molar-refractivity contribution in [3.63, 3.8) is 0 Å². The Morgan fingerprint density at radius 3 is 2.37 bits per heavy atom. The molecular formula is C30H30N2O6. The number of allylic oxidation sites excluding steroid dienone is 1. The van der Waals surface area contributed by atoms with Gasteiger partial charge in [-0.15, -0.1) is 0 Å². The standard InChI is InChI=1S/C30H30N2O6/c1-21-27(31-29(37-21)24-8-4-3-5-9-24)10-6-7-22-11-13-23(14-12-22)19-32(20-28(33)34)30(35)38-26-17-15-25(36-2)16-18-26/h3-9,11-18,30,35H,10,19-20H2,1-2H3,(H,33,34)/b7-6-. The number of aromatic nitrogens is 1. The Bertz CT molecular complexity index is 1350. The summed E-state index contributed by atoms with van der Waals surface area (Å²) in [7, 11) is 1.56. The molecule has 1 aromatic heterocycles. The Morgan fingerprint density at radius 1 is 1.03 bits per heavy atom. The second-order valence-electron chi connectivity index (χ2n) is 8.65. The third-order valence-corrected chi connectivity index (χ3v) is 5.85. The molecule has 0 aliphatic heterocycles. The highest BCUT2D eigenvalue weighted by Gasteiger charge is 2.21. The first-order valence-electron chi connectivity index (χ1n) is 12.1. The SMILES string of the molecule is COc1ccc(OC(O)N(CC(=O)O)Cc2ccc(/C=C\Cc3nc(-c4ccccc4)oc3C)cc2)cc1. The number of carbonyl (C=O) groups is 1. The van der Waals surface area contributed by atoms with Gasteiger partial charge >= 0.3 is 5.97 Å². The summed E-state index contributed by atoms with van der Waals surface area (Å²) in [5.41, 5.74) is 3.64. The average Bonchev–Trinajstić information content (AvgIpc) is 3.30. The highest BCUT2D eigenvalue weighted by molar-refractivity contribution is 5.69. The number of carboxylic acid groups (broad SMARTS) is 1. The van der Waals surface area contributed by atoms with Crippen molar-refractivity contribution in [2.75, 3.05) is 13.7 Å². The summed E-state index contributed by atoms with van der Waals surface area (Å²) in [6, 6.07) is 24.1. The fraction of sp³-hybridized carbons (Fsp3) is 0.200. The number of aliphatic hydroxyl groups excluding tert-OH is 1. The first-order chi connectivity index (χ1) is 18.4. The lowest BCUT2D eigenvalue weighted by Gasteiger charge is -2.26. The Kier molecular flexibility index (Phi) is 8.92. The molecule has 1 unspecified atom stereocenters. The van der Waals surface area contributed by atoms with Crippen LogP contribution in [0.15, 0.2) is 89.4 Å². The number of rotatable bonds is 12. The van der Waals surface area contributed by atoms with Gasteiger partial charge in [0.05, 0.1) is 12.8 Å². The minimum atomic E-state index is -1.44. The number of aryl methyl sites for hydroxylation is 1. The topological polar surface area (TPSA) is 105 Å². The van der Waals surface area contributed by atoms with Gasteiger partial charge in [-0.3, -0.25) is 4.79 Å². The predicted octanol–water partition coefficient (Wildman–Crippen LogP) is 5.16. The number of aliphatic hydroxyl groups is 1. The molecule has 0 aliphatic rings. The van der Waals surface area contributed by atoms with E-state index >= 15 is 0 Å². The highest BCUT2D eigenvalue weighted by atomic mass is 16.6. The van der Waals surface area contributed by atoms with E-state index in [2.05, 4.69) is 4.98 Å². The van der Waals surface area contributed by atoms with Crippen molar-refractivity contribution in [2.24, 2.45) is 0 Å². The van der Waals surface area contributed by atoms with E-state index in [0.29, 0.717) is 23.8 Å². The van der Waals surface area contributed by atoms with Crippen molar-refractivity contribution in [3.8, 4) is 23.0 Å². The maximum absolute atomic E-state index is 11.4. The van der Waals surface area contributed by atoms with Gasteiger partial charge in [-0.1, -0.05) is 54.6 Å². The summed E-state index contributed by atoms with van der Waals surface area (Å²) in [5, 5.41) is 19.9. The number of nitrogens with zero attached hydrogens (tertiary/aromatic N) is 2. The molecule has 2 N–H and O–H groups in total. The molecule has 4 aromatic rings. The van der Waals surface area contributed by atoms with Crippen LogP contribution in [-0.4, -0.2) is 46.1 Å². The Balaban J connectivity index is 1.36. The molecule has 4 rings (SSSR count). The summed E-state index contributed by atoms with van der Waals surface area (Å²) in [6.07, 6.45) is 3.21. The van der Waals surface area contributed by atoms with Gasteiger partial charge in [0.15, 0.2) is 0 Å². The van der Waals surface area contributed by atoms with Crippen molar-refractivity contribution in [2.45, 2.75) is 26.3 Å². The average molecular weight is 515 g/mol. The van der Waals surface area contributed by atoms with Crippen molar-refractivity contribution >= 4 is 12.0 Å². The summed E-state index contributed by atoms with van der Waals surface area (Å²) >= 11 is 0. The Morgan fingerprint density at radius 2 is 1.71 bits per heavy atom. The monoisotopic (exact) mass is 514 g/mol. The molecule has 0 spiro atoms. The largest absolute Gasteiger partial charge is 0.497 e. The zero-order valence-corrected chi connectivity index (χ0v) is 21.3. The van der Waals surface area contributed by atoms with E-state index in [9.17, 15) is 15.0 Å². The van der Waals surface area contributed by atoms with Gasteiger partial charge in [0.2, 0.25) is 5.89 Å². The maximum atomic E-state index is 11.4. The number of oxazole rings is 1. The molecule has 196 valence electrons. The molecule has 3 aromatic carbocycles. The number of aliphatic carboxylic acids is 1. The third kappa shape index (κ3) is 7.32. The van der Waals surface area contributed by atoms with E-state index in [0.717, 1.165) is 28.1 Å². The lowest BCUT2D eigenvalue weighted by atomic mass is 10.1. The second-order valence-corrected chi connectivity index (χ2v) is 8.65. The Hall–Kier alpha value is -4.40. The normalized spacial score (nSPS) is 12.1. The van der Waals surface area contributed by atoms with Crippen LogP contribution >= 0.6 is 0 Å². The molecule has 0 saturated carbocycles. The molecule has 8 nitrogen and oxygen atoms in total. The molecule has 38 heavy (non-hydrogen) atoms. The van der Waals surface area contributed by atoms with Crippen LogP contribution in [0.3, 0.4) is 0 Å². The van der Waals surface area contributed by atoms with Gasteiger partial charge in [0.1, 0.15) is 23.8 Å². The minimum absolute atomic E-state index is 0.189. The van der Waals surface area contributed by atoms with Crippen LogP contribution in [0.4, 0.5) is 0 Å². The minimum Gasteiger partial charge on any atom is -0.497 e. The highest BCUT2D eigenvalue weighted by Crippen LogP contribution is 2.22. The molecule has 1 atom stereocenters. The summed E-state index contributed by atoms with van der Waals surface area (Å²) in [6.45, 7) is 1.71. The molecular weight excluding hydrogens is 484 g/mol. The number of ether oxygens (including phenoxy) is 2. The fourth-order valence-electron chi connectivity index (χ4n) is 3.83. The molecule has 0 radical (unpaired) electrons. The van der Waals surface area contributed by atoms with Crippen molar-refractivity contribution < 1.29 is 28.9 Å². The number of carboxylic acids is 1. The van der Waals surface area contributed by atoms with Crippen LogP contribution in [-0.2, 0) is 17.8 Å². The van der Waals surface area contributed by atoms with Gasteiger partial charge in [-0.05, 0) is 54.4 Å². The molecule has 8 heteroatoms. The van der Waals surface area contributed by atoms with Gasteiger partial charge in [-0.2, -0.15) is 0 Å². The van der Waals surface area contributed by atoms with Gasteiger partial charge < -0.3 is 24.1 Å². The molecule has 0 saturated heterocycles. The maximum Gasteiger partial charge on any atom is 0.317 e. The molecule has 0 bridgehead atoms. The van der Waals surface area contributed by atoms with Crippen molar-refractivity contribution in [1.29, 1.82) is 0 Å². The van der Waals surface area contributed by atoms with E-state index in [4.69, 9.17) is 13.9 Å². The third-order valence-electron chi connectivity index (χ3n) is 5.85. The van der Waals surface area contributed by atoms with Gasteiger partial charge in [0.25, 0.3) is 6.41 Å². The van der Waals surface area contributed by atoms with E-state index in [1.165, 1.54) is 4.90 Å². The number of methoxy groups -OCH3 is 1. The predicted molar refractivity (Wildman–Crippen MR) is 144 cm³/mol. The zero-order valence-electron chi connectivity index (χ0n) is 21.3. The quantitative estimate of drug-likeness (QED) is 0.250. The van der Waals surface area contributed by atoms with Crippen LogP contribution in [0, 0.1) is 6.92 Å². The van der Waals surface area contributed by atoms with Crippen LogP contribution < -0.4 is 9.47 Å². The summed E-state index contributed by atoms with van der Waals surface area (Å²) in [4.78, 5) is 17.3. The summed E-state index contributed by atoms with van der Waals surface area (Å²) in [5.74, 6) is 1.38. The number of benzene rings is 3. The lowest BCUT2D eigenvalue weighted by Crippen LogP contribution is -2.42. The lowest BCUT2D eigenvalue weighted by molar-refractivity contribution is -0.161. The van der Waals surface area contributed by atoms with Gasteiger partial charge in [-0.25, -0.2) is 9.88 Å². The van der Waals surface area contributed by atoms with E-state index in [1.54, 1.807) is 31.4 Å². The molecule has 0 amide bonds. The molecule has 0 fully saturated rings. The fourth-order valence-corrected chi connectivity index (χ4v) is 3.83.